The molecule has 80 valence electrons. The Labute approximate surface area is 137 Å². The molecule has 0 aromatic heterocycles. The monoisotopic (exact) mass is 580 g/mol. The first-order valence-electron chi connectivity index (χ1n) is 3.43. The van der Waals surface area contributed by atoms with Crippen LogP contribution in [0.5, 0.6) is 0 Å². The van der Waals surface area contributed by atoms with E-state index in [-0.39, 0.29) is 0 Å². The Kier molecular flexibility index (Phi) is 5.55. The van der Waals surface area contributed by atoms with Crippen LogP contribution in [0, 0.1) is 10.7 Å². The minimum Gasteiger partial charge on any atom is -0.276 e. The van der Waals surface area contributed by atoms with E-state index in [0.29, 0.717) is 21.8 Å². The topological polar surface area (TPSA) is 34.1 Å². The number of carbonyl (C=O) groups is 2. The zero-order chi connectivity index (χ0) is 11.7. The summed E-state index contributed by atoms with van der Waals surface area (Å²) in [6, 6.07) is 1.70. The van der Waals surface area contributed by atoms with E-state index in [2.05, 4.69) is 0 Å². The van der Waals surface area contributed by atoms with Gasteiger partial charge in [-0.05, 0) is 97.0 Å². The zero-order valence-corrected chi connectivity index (χ0v) is 14.8. The molecule has 1 aromatic rings. The van der Waals surface area contributed by atoms with E-state index in [9.17, 15) is 9.59 Å². The summed E-state index contributed by atoms with van der Waals surface area (Å²) in [6.07, 6.45) is 0. The molecule has 0 N–H and O–H groups in total. The first kappa shape index (κ1) is 14.4. The van der Waals surface area contributed by atoms with Crippen molar-refractivity contribution in [3.8, 4) is 0 Å². The fourth-order valence-electron chi connectivity index (χ4n) is 0.951. The lowest BCUT2D eigenvalue weighted by molar-refractivity contribution is 0.107. The Bertz CT molecular complexity index is 421. The lowest BCUT2D eigenvalue weighted by Crippen LogP contribution is -2.06. The molecule has 0 spiro atoms. The van der Waals surface area contributed by atoms with Gasteiger partial charge in [0.2, 0.25) is 0 Å². The average Bonchev–Trinajstić information content (AvgIpc) is 1.99. The van der Waals surface area contributed by atoms with Gasteiger partial charge in [0.25, 0.3) is 10.5 Å². The van der Waals surface area contributed by atoms with E-state index in [4.69, 9.17) is 23.2 Å². The maximum Gasteiger partial charge on any atom is 0.254 e. The van der Waals surface area contributed by atoms with Gasteiger partial charge in [-0.25, -0.2) is 0 Å². The molecule has 0 amide bonds. The fourth-order valence-corrected chi connectivity index (χ4v) is 6.33. The molecule has 1 aromatic carbocycles. The molecule has 0 fully saturated rings. The quantitative estimate of drug-likeness (QED) is 0.387. The first-order valence-corrected chi connectivity index (χ1v) is 7.42. The molecule has 0 unspecified atom stereocenters. The van der Waals surface area contributed by atoms with Gasteiger partial charge < -0.3 is 0 Å². The fraction of sp³-hybridized carbons (Fsp3) is 0. The van der Waals surface area contributed by atoms with Gasteiger partial charge in [0.1, 0.15) is 0 Å². The second kappa shape index (κ2) is 5.78. The van der Waals surface area contributed by atoms with Crippen molar-refractivity contribution in [1.82, 2.24) is 0 Å². The standard InChI is InChI=1S/C8HCl2I3O2/c9-7(14)4-2(11)1-3(12)5(6(4)13)8(10)15/h1H. The number of halogens is 5. The van der Waals surface area contributed by atoms with E-state index in [1.54, 1.807) is 6.07 Å². The zero-order valence-electron chi connectivity index (χ0n) is 6.78. The largest absolute Gasteiger partial charge is 0.276 e. The first-order chi connectivity index (χ1) is 6.86. The van der Waals surface area contributed by atoms with Crippen molar-refractivity contribution < 1.29 is 9.59 Å². The summed E-state index contributed by atoms with van der Waals surface area (Å²) in [5.74, 6) is 0. The third-order valence-corrected chi connectivity index (χ3v) is 4.72. The van der Waals surface area contributed by atoms with Crippen molar-refractivity contribution in [2.75, 3.05) is 0 Å². The molecule has 0 aliphatic rings. The molecule has 0 aliphatic carbocycles. The number of hydrogen-bond donors (Lipinski definition) is 0. The smallest absolute Gasteiger partial charge is 0.254 e. The summed E-state index contributed by atoms with van der Waals surface area (Å²) >= 11 is 16.8. The van der Waals surface area contributed by atoms with Gasteiger partial charge in [-0.2, -0.15) is 0 Å². The van der Waals surface area contributed by atoms with Crippen molar-refractivity contribution in [3.05, 3.63) is 27.9 Å². The van der Waals surface area contributed by atoms with E-state index in [1.807, 2.05) is 67.8 Å². The number of hydrogen-bond acceptors (Lipinski definition) is 2. The average molecular weight is 581 g/mol. The van der Waals surface area contributed by atoms with E-state index in [1.165, 1.54) is 0 Å². The second-order valence-corrected chi connectivity index (χ2v) is 6.54. The molecular formula is C8HCl2I3O2. The minimum atomic E-state index is -0.584. The number of rotatable bonds is 2. The van der Waals surface area contributed by atoms with Crippen LogP contribution in [0.2, 0.25) is 0 Å². The lowest BCUT2D eigenvalue weighted by Gasteiger charge is -2.08. The van der Waals surface area contributed by atoms with Crippen LogP contribution in [0.1, 0.15) is 20.7 Å². The molecule has 2 nitrogen and oxygen atoms in total. The molecule has 7 heteroatoms. The Morgan fingerprint density at radius 1 is 0.933 bits per heavy atom. The summed E-state index contributed by atoms with van der Waals surface area (Å²) in [7, 11) is 0. The van der Waals surface area contributed by atoms with Gasteiger partial charge in [-0.3, -0.25) is 9.59 Å². The molecule has 0 atom stereocenters. The van der Waals surface area contributed by atoms with Crippen molar-refractivity contribution in [2.45, 2.75) is 0 Å². The van der Waals surface area contributed by atoms with Crippen LogP contribution in [-0.4, -0.2) is 10.5 Å². The van der Waals surface area contributed by atoms with Crippen molar-refractivity contribution in [3.63, 3.8) is 0 Å². The van der Waals surface area contributed by atoms with Crippen molar-refractivity contribution in [1.29, 1.82) is 0 Å². The number of carbonyl (C=O) groups excluding carboxylic acids is 2. The van der Waals surface area contributed by atoms with Crippen LogP contribution in [-0.2, 0) is 0 Å². The molecule has 15 heavy (non-hydrogen) atoms. The highest BCUT2D eigenvalue weighted by Crippen LogP contribution is 2.29. The van der Waals surface area contributed by atoms with Crippen LogP contribution in [0.25, 0.3) is 0 Å². The Hall–Kier alpha value is 1.33. The predicted octanol–water partition coefficient (Wildman–Crippen LogP) is 4.26. The van der Waals surface area contributed by atoms with Crippen LogP contribution in [0.4, 0.5) is 0 Å². The highest BCUT2D eigenvalue weighted by molar-refractivity contribution is 14.1. The van der Waals surface area contributed by atoms with Crippen molar-refractivity contribution >= 4 is 101 Å². The molecule has 0 saturated carbocycles. The summed E-state index contributed by atoms with van der Waals surface area (Å²) in [4.78, 5) is 22.3. The predicted molar refractivity (Wildman–Crippen MR) is 85.0 cm³/mol. The summed E-state index contributed by atoms with van der Waals surface area (Å²) < 4.78 is 1.93. The molecule has 0 heterocycles. The van der Waals surface area contributed by atoms with Gasteiger partial charge in [0.15, 0.2) is 0 Å². The highest BCUT2D eigenvalue weighted by atomic mass is 127. The lowest BCUT2D eigenvalue weighted by atomic mass is 10.1. The molecule has 0 saturated heterocycles. The highest BCUT2D eigenvalue weighted by Gasteiger charge is 2.21. The Balaban J connectivity index is 3.64. The van der Waals surface area contributed by atoms with Gasteiger partial charge in [-0.1, -0.05) is 0 Å². The third kappa shape index (κ3) is 3.17. The number of benzene rings is 1. The third-order valence-electron chi connectivity index (χ3n) is 1.56. The van der Waals surface area contributed by atoms with E-state index < -0.39 is 10.5 Å². The van der Waals surface area contributed by atoms with Crippen molar-refractivity contribution in [2.24, 2.45) is 0 Å². The maximum absolute atomic E-state index is 11.2. The molecule has 0 aliphatic heterocycles. The summed E-state index contributed by atoms with van der Waals surface area (Å²) in [5.41, 5.74) is 0.671. The van der Waals surface area contributed by atoms with Gasteiger partial charge >= 0.3 is 0 Å². The SMILES string of the molecule is O=C(Cl)c1c(I)cc(I)c(C(=O)Cl)c1I. The van der Waals surface area contributed by atoms with Crippen LogP contribution >= 0.6 is 91.0 Å². The molecular weight excluding hydrogens is 580 g/mol. The second-order valence-electron chi connectivity index (χ2n) is 2.45. The molecule has 1 rings (SSSR count). The maximum atomic E-state index is 11.2. The Morgan fingerprint density at radius 3 is 1.53 bits per heavy atom. The van der Waals surface area contributed by atoms with Crippen LogP contribution in [0.15, 0.2) is 6.07 Å². The van der Waals surface area contributed by atoms with Gasteiger partial charge in [-0.15, -0.1) is 0 Å². The van der Waals surface area contributed by atoms with Crippen LogP contribution in [0.3, 0.4) is 0 Å². The van der Waals surface area contributed by atoms with Gasteiger partial charge in [0, 0.05) is 10.7 Å². The van der Waals surface area contributed by atoms with Crippen LogP contribution < -0.4 is 0 Å². The summed E-state index contributed by atoms with van der Waals surface area (Å²) in [5, 5.41) is -1.17. The minimum absolute atomic E-state index is 0.335. The van der Waals surface area contributed by atoms with E-state index >= 15 is 0 Å². The normalized spacial score (nSPS) is 10.2. The van der Waals surface area contributed by atoms with Gasteiger partial charge in [0.05, 0.1) is 11.1 Å². The van der Waals surface area contributed by atoms with E-state index in [0.717, 1.165) is 0 Å². The molecule has 0 bridgehead atoms. The molecule has 0 radical (unpaired) electrons. The Morgan fingerprint density at radius 2 is 1.27 bits per heavy atom. The summed E-state index contributed by atoms with van der Waals surface area (Å²) in [6.45, 7) is 0.